The highest BCUT2D eigenvalue weighted by Crippen LogP contribution is 2.20. The maximum Gasteiger partial charge on any atom is 0.339 e. The van der Waals surface area contributed by atoms with Crippen LogP contribution in [0.15, 0.2) is 23.7 Å². The molecule has 0 aromatic carbocycles. The Morgan fingerprint density at radius 1 is 1.60 bits per heavy atom. The fraction of sp³-hybridized carbons (Fsp3) is 0.231. The molecule has 0 saturated heterocycles. The van der Waals surface area contributed by atoms with E-state index in [4.69, 9.17) is 5.73 Å². The summed E-state index contributed by atoms with van der Waals surface area (Å²) in [4.78, 5) is 17.0. The van der Waals surface area contributed by atoms with Gasteiger partial charge in [0.25, 0.3) is 0 Å². The third-order valence-electron chi connectivity index (χ3n) is 2.47. The van der Waals surface area contributed by atoms with Crippen LogP contribution in [0.4, 0.5) is 4.79 Å². The van der Waals surface area contributed by atoms with E-state index in [2.05, 4.69) is 16.8 Å². The van der Waals surface area contributed by atoms with Gasteiger partial charge in [-0.05, 0) is 19.1 Å². The van der Waals surface area contributed by atoms with E-state index < -0.39 is 12.1 Å². The zero-order chi connectivity index (χ0) is 14.5. The van der Waals surface area contributed by atoms with E-state index in [9.17, 15) is 10.0 Å². The minimum atomic E-state index is -0.914. The van der Waals surface area contributed by atoms with Gasteiger partial charge in [0.05, 0.1) is 9.88 Å². The molecule has 2 rings (SSSR count). The lowest BCUT2D eigenvalue weighted by Crippen LogP contribution is -2.38. The zero-order valence-corrected chi connectivity index (χ0v) is 12.4. The van der Waals surface area contributed by atoms with Crippen LogP contribution in [-0.2, 0) is 6.42 Å². The van der Waals surface area contributed by atoms with Crippen molar-refractivity contribution in [2.75, 3.05) is 0 Å². The van der Waals surface area contributed by atoms with Crippen molar-refractivity contribution in [1.29, 1.82) is 0 Å². The number of urea groups is 1. The summed E-state index contributed by atoms with van der Waals surface area (Å²) in [6.07, 6.45) is 2.59. The molecule has 2 heterocycles. The van der Waals surface area contributed by atoms with Crippen LogP contribution in [0.25, 0.3) is 0 Å². The van der Waals surface area contributed by atoms with Gasteiger partial charge in [-0.2, -0.15) is 5.06 Å². The third-order valence-corrected chi connectivity index (χ3v) is 4.25. The molecule has 0 aliphatic rings. The number of hydrogen-bond acceptors (Lipinski definition) is 5. The van der Waals surface area contributed by atoms with Crippen molar-refractivity contribution in [3.05, 3.63) is 38.5 Å². The summed E-state index contributed by atoms with van der Waals surface area (Å²) in [5.74, 6) is 5.70. The highest BCUT2D eigenvalue weighted by molar-refractivity contribution is 7.13. The Labute approximate surface area is 124 Å². The van der Waals surface area contributed by atoms with E-state index >= 15 is 0 Å². The Kier molecular flexibility index (Phi) is 4.74. The van der Waals surface area contributed by atoms with Gasteiger partial charge in [-0.1, -0.05) is 11.8 Å². The second-order valence-electron chi connectivity index (χ2n) is 4.00. The molecular weight excluding hydrogens is 294 g/mol. The fourth-order valence-electron chi connectivity index (χ4n) is 1.46. The number of amides is 2. The lowest BCUT2D eigenvalue weighted by Gasteiger charge is -2.14. The van der Waals surface area contributed by atoms with Crippen LogP contribution in [0.5, 0.6) is 0 Å². The molecule has 0 fully saturated rings. The fourth-order valence-corrected chi connectivity index (χ4v) is 3.06. The lowest BCUT2D eigenvalue weighted by molar-refractivity contribution is -0.0536. The minimum Gasteiger partial charge on any atom is -0.350 e. The molecule has 2 aromatic rings. The maximum absolute atomic E-state index is 10.8. The molecule has 3 N–H and O–H groups in total. The molecule has 2 aromatic heterocycles. The zero-order valence-electron chi connectivity index (χ0n) is 10.7. The number of primary amides is 1. The average molecular weight is 307 g/mol. The van der Waals surface area contributed by atoms with Crippen molar-refractivity contribution in [1.82, 2.24) is 10.0 Å². The summed E-state index contributed by atoms with van der Waals surface area (Å²) in [5, 5.41) is 12.7. The molecule has 1 atom stereocenters. The van der Waals surface area contributed by atoms with E-state index in [0.717, 1.165) is 16.3 Å². The number of carbonyl (C=O) groups excluding carboxylic acids is 1. The molecule has 20 heavy (non-hydrogen) atoms. The molecule has 104 valence electrons. The van der Waals surface area contributed by atoms with Gasteiger partial charge in [0.1, 0.15) is 6.04 Å². The molecule has 0 aliphatic heterocycles. The number of thiophene rings is 1. The highest BCUT2D eigenvalue weighted by atomic mass is 32.1. The van der Waals surface area contributed by atoms with Crippen LogP contribution < -0.4 is 5.73 Å². The number of thiazole rings is 1. The van der Waals surface area contributed by atoms with Crippen molar-refractivity contribution in [2.45, 2.75) is 19.4 Å². The number of aromatic nitrogens is 1. The predicted molar refractivity (Wildman–Crippen MR) is 78.8 cm³/mol. The van der Waals surface area contributed by atoms with E-state index in [1.807, 2.05) is 17.5 Å². The van der Waals surface area contributed by atoms with Gasteiger partial charge in [-0.3, -0.25) is 5.21 Å². The summed E-state index contributed by atoms with van der Waals surface area (Å²) >= 11 is 3.19. The Hall–Kier alpha value is -1.88. The van der Waals surface area contributed by atoms with Gasteiger partial charge in [-0.15, -0.1) is 22.7 Å². The van der Waals surface area contributed by atoms with E-state index in [1.165, 1.54) is 4.88 Å². The van der Waals surface area contributed by atoms with Gasteiger partial charge >= 0.3 is 6.03 Å². The van der Waals surface area contributed by atoms with Crippen LogP contribution >= 0.6 is 22.7 Å². The number of hydrogen-bond donors (Lipinski definition) is 2. The number of hydroxylamine groups is 2. The summed E-state index contributed by atoms with van der Waals surface area (Å²) in [6, 6.07) is 2.37. The molecule has 5 nitrogen and oxygen atoms in total. The number of nitrogens with two attached hydrogens (primary N) is 1. The van der Waals surface area contributed by atoms with Gasteiger partial charge in [-0.25, -0.2) is 9.78 Å². The molecule has 0 aliphatic carbocycles. The maximum atomic E-state index is 10.8. The Balaban J connectivity index is 2.01. The second kappa shape index (κ2) is 6.52. The quantitative estimate of drug-likeness (QED) is 0.519. The molecule has 0 spiro atoms. The lowest BCUT2D eigenvalue weighted by atomic mass is 10.3. The van der Waals surface area contributed by atoms with Gasteiger partial charge in [0.15, 0.2) is 0 Å². The first-order valence-electron chi connectivity index (χ1n) is 5.82. The van der Waals surface area contributed by atoms with Crippen molar-refractivity contribution in [3.63, 3.8) is 0 Å². The van der Waals surface area contributed by atoms with Crippen molar-refractivity contribution >= 4 is 28.7 Å². The number of carbonyl (C=O) groups is 1. The average Bonchev–Trinajstić information content (AvgIpc) is 3.07. The third kappa shape index (κ3) is 3.81. The molecular formula is C13H13N3O2S2. The van der Waals surface area contributed by atoms with Crippen LogP contribution in [-0.4, -0.2) is 27.3 Å². The summed E-state index contributed by atoms with van der Waals surface area (Å²) < 4.78 is 0. The Morgan fingerprint density at radius 3 is 3.05 bits per heavy atom. The van der Waals surface area contributed by atoms with Crippen LogP contribution in [0.3, 0.4) is 0 Å². The van der Waals surface area contributed by atoms with E-state index in [0.29, 0.717) is 5.06 Å². The molecule has 0 bridgehead atoms. The molecule has 7 heteroatoms. The Morgan fingerprint density at radius 2 is 2.40 bits per heavy atom. The largest absolute Gasteiger partial charge is 0.350 e. The van der Waals surface area contributed by atoms with E-state index in [-0.39, 0.29) is 0 Å². The normalized spacial score (nSPS) is 11.5. The van der Waals surface area contributed by atoms with Gasteiger partial charge < -0.3 is 5.73 Å². The van der Waals surface area contributed by atoms with Gasteiger partial charge in [0, 0.05) is 22.9 Å². The summed E-state index contributed by atoms with van der Waals surface area (Å²) in [5.41, 5.74) is 4.95. The van der Waals surface area contributed by atoms with Crippen molar-refractivity contribution < 1.29 is 10.0 Å². The van der Waals surface area contributed by atoms with Crippen LogP contribution in [0.2, 0.25) is 0 Å². The molecule has 2 amide bonds. The topological polar surface area (TPSA) is 79.4 Å². The SMILES string of the molecule is CC(C#Cc1ccc(Cc2nccs2)s1)N(O)C(N)=O. The molecule has 0 radical (unpaired) electrons. The first-order chi connectivity index (χ1) is 9.56. The van der Waals surface area contributed by atoms with Crippen LogP contribution in [0.1, 0.15) is 21.7 Å². The first kappa shape index (κ1) is 14.5. The van der Waals surface area contributed by atoms with Gasteiger partial charge in [0.2, 0.25) is 0 Å². The molecule has 0 saturated carbocycles. The highest BCUT2D eigenvalue weighted by Gasteiger charge is 2.11. The Bertz CT molecular complexity index is 640. The minimum absolute atomic E-state index is 0.414. The summed E-state index contributed by atoms with van der Waals surface area (Å²) in [7, 11) is 0. The van der Waals surface area contributed by atoms with Crippen molar-refractivity contribution in [3.8, 4) is 11.8 Å². The predicted octanol–water partition coefficient (Wildman–Crippen LogP) is 2.31. The first-order valence-corrected chi connectivity index (χ1v) is 7.52. The van der Waals surface area contributed by atoms with Crippen molar-refractivity contribution in [2.24, 2.45) is 5.73 Å². The standard InChI is InChI=1S/C13H13N3O2S2/c1-9(16(18)13(14)17)2-3-10-4-5-11(20-10)8-12-15-6-7-19-12/h4-7,9,18H,8H2,1H3,(H2,14,17). The number of nitrogens with zero attached hydrogens (tertiary/aromatic N) is 2. The smallest absolute Gasteiger partial charge is 0.339 e. The summed E-state index contributed by atoms with van der Waals surface area (Å²) in [6.45, 7) is 1.60. The second-order valence-corrected chi connectivity index (χ2v) is 6.14. The number of rotatable bonds is 3. The van der Waals surface area contributed by atoms with Crippen LogP contribution in [0, 0.1) is 11.8 Å². The van der Waals surface area contributed by atoms with E-state index in [1.54, 1.807) is 35.8 Å². The monoisotopic (exact) mass is 307 g/mol. The molecule has 1 unspecified atom stereocenters.